The van der Waals surface area contributed by atoms with Gasteiger partial charge >= 0.3 is 5.97 Å². The molecule has 192 valence electrons. The van der Waals surface area contributed by atoms with E-state index in [2.05, 4.69) is 17.2 Å². The highest BCUT2D eigenvalue weighted by Gasteiger charge is 2.49. The van der Waals surface area contributed by atoms with Crippen LogP contribution in [0.1, 0.15) is 74.9 Å². The molecule has 2 N–H and O–H groups in total. The summed E-state index contributed by atoms with van der Waals surface area (Å²) in [5, 5.41) is 4.12. The third kappa shape index (κ3) is 3.85. The molecule has 1 amide bonds. The smallest absolute Gasteiger partial charge is 0.340 e. The number of benzene rings is 2. The topological polar surface area (TPSA) is 91.5 Å². The number of carbonyl (C=O) groups excluding carboxylic acids is 3. The summed E-state index contributed by atoms with van der Waals surface area (Å²) < 4.78 is 21.3. The number of likely N-dealkylation sites (tertiary alicyclic amines) is 1. The van der Waals surface area contributed by atoms with E-state index in [9.17, 15) is 14.4 Å². The second-order valence-electron chi connectivity index (χ2n) is 10.3. The minimum atomic E-state index is -0.878. The van der Waals surface area contributed by atoms with Crippen molar-refractivity contribution in [1.82, 2.24) is 15.2 Å². The fourth-order valence-electron chi connectivity index (χ4n) is 5.94. The highest BCUT2D eigenvalue weighted by molar-refractivity contribution is 6.32. The van der Waals surface area contributed by atoms with Crippen molar-refractivity contribution in [3.05, 3.63) is 69.1 Å². The Bertz CT molecular complexity index is 1450. The SMILES string of the molecule is CC1CCN(C(=O)c2[nH]c3cc(Cl)ccc3c2C(=O)c2c(F)ccc3c2C(=O)OC32CCNCC2)CC1. The van der Waals surface area contributed by atoms with Crippen molar-refractivity contribution in [1.29, 1.82) is 0 Å². The maximum absolute atomic E-state index is 15.4. The largest absolute Gasteiger partial charge is 0.450 e. The number of aromatic nitrogens is 1. The van der Waals surface area contributed by atoms with E-state index in [-0.39, 0.29) is 28.3 Å². The number of rotatable bonds is 3. The number of esters is 1. The molecule has 3 aliphatic rings. The van der Waals surface area contributed by atoms with Crippen molar-refractivity contribution in [3.63, 3.8) is 0 Å². The van der Waals surface area contributed by atoms with Crippen LogP contribution in [0.3, 0.4) is 0 Å². The number of nitrogens with zero attached hydrogens (tertiary/aromatic N) is 1. The molecule has 2 fully saturated rings. The normalized spacial score (nSPS) is 19.3. The van der Waals surface area contributed by atoms with Crippen LogP contribution in [0.15, 0.2) is 30.3 Å². The van der Waals surface area contributed by atoms with Crippen LogP contribution in [0.25, 0.3) is 10.9 Å². The molecule has 9 heteroatoms. The quantitative estimate of drug-likeness (QED) is 0.379. The van der Waals surface area contributed by atoms with E-state index in [0.717, 1.165) is 12.8 Å². The number of ketones is 1. The zero-order valence-electron chi connectivity index (χ0n) is 20.5. The fourth-order valence-corrected chi connectivity index (χ4v) is 6.11. The first-order valence-electron chi connectivity index (χ1n) is 12.7. The van der Waals surface area contributed by atoms with E-state index in [0.29, 0.717) is 66.4 Å². The molecular weight excluding hydrogens is 497 g/mol. The zero-order valence-corrected chi connectivity index (χ0v) is 21.2. The standard InChI is InChI=1S/C28H27ClFN3O4/c1-15-6-12-33(13-7-15)26(35)24-21(17-3-2-16(29)14-20(17)32-24)25(34)23-19(30)5-4-18-22(23)27(36)37-28(18)8-10-31-11-9-28/h2-5,14-15,31-32H,6-13H2,1H3. The van der Waals surface area contributed by atoms with Gasteiger partial charge in [0.15, 0.2) is 5.78 Å². The Labute approximate surface area is 218 Å². The molecule has 0 atom stereocenters. The number of carbonyl (C=O) groups is 3. The Kier molecular flexibility index (Phi) is 5.84. The number of hydrogen-bond acceptors (Lipinski definition) is 5. The molecule has 0 aliphatic carbocycles. The van der Waals surface area contributed by atoms with Gasteiger partial charge in [-0.2, -0.15) is 0 Å². The van der Waals surface area contributed by atoms with E-state index in [1.54, 1.807) is 29.2 Å². The molecule has 1 aromatic heterocycles. The lowest BCUT2D eigenvalue weighted by molar-refractivity contribution is -0.0242. The highest BCUT2D eigenvalue weighted by Crippen LogP contribution is 2.45. The Morgan fingerprint density at radius 2 is 1.84 bits per heavy atom. The number of nitrogens with one attached hydrogen (secondary N) is 2. The van der Waals surface area contributed by atoms with Crippen molar-refractivity contribution in [3.8, 4) is 0 Å². The molecule has 2 saturated heterocycles. The van der Waals surface area contributed by atoms with Gasteiger partial charge in [-0.1, -0.05) is 30.7 Å². The third-order valence-electron chi connectivity index (χ3n) is 8.05. The minimum absolute atomic E-state index is 0.0413. The number of amides is 1. The van der Waals surface area contributed by atoms with Crippen molar-refractivity contribution in [2.75, 3.05) is 26.2 Å². The molecule has 0 radical (unpaired) electrons. The molecule has 6 rings (SSSR count). The maximum Gasteiger partial charge on any atom is 0.340 e. The van der Waals surface area contributed by atoms with E-state index in [4.69, 9.17) is 16.3 Å². The van der Waals surface area contributed by atoms with Crippen LogP contribution < -0.4 is 5.32 Å². The molecule has 2 aromatic carbocycles. The van der Waals surface area contributed by atoms with Gasteiger partial charge in [-0.05, 0) is 50.0 Å². The second kappa shape index (κ2) is 8.96. The predicted molar refractivity (Wildman–Crippen MR) is 137 cm³/mol. The summed E-state index contributed by atoms with van der Waals surface area (Å²) in [5.41, 5.74) is -0.120. The molecule has 3 aliphatic heterocycles. The Morgan fingerprint density at radius 1 is 1.11 bits per heavy atom. The zero-order chi connectivity index (χ0) is 25.9. The molecule has 4 heterocycles. The van der Waals surface area contributed by atoms with Crippen LogP contribution in [0.2, 0.25) is 5.02 Å². The van der Waals surface area contributed by atoms with Crippen LogP contribution in [0.5, 0.6) is 0 Å². The summed E-state index contributed by atoms with van der Waals surface area (Å²) in [6, 6.07) is 7.66. The Balaban J connectivity index is 1.51. The number of ether oxygens (including phenoxy) is 1. The summed E-state index contributed by atoms with van der Waals surface area (Å²) in [6.07, 6.45) is 2.80. The van der Waals surface area contributed by atoms with Gasteiger partial charge in [-0.3, -0.25) is 9.59 Å². The maximum atomic E-state index is 15.4. The van der Waals surface area contributed by atoms with Gasteiger partial charge in [0, 0.05) is 47.4 Å². The molecule has 7 nitrogen and oxygen atoms in total. The van der Waals surface area contributed by atoms with E-state index >= 15 is 4.39 Å². The Morgan fingerprint density at radius 3 is 2.57 bits per heavy atom. The Hall–Kier alpha value is -3.23. The van der Waals surface area contributed by atoms with Gasteiger partial charge < -0.3 is 19.9 Å². The van der Waals surface area contributed by atoms with Crippen LogP contribution >= 0.6 is 11.6 Å². The third-order valence-corrected chi connectivity index (χ3v) is 8.28. The molecule has 37 heavy (non-hydrogen) atoms. The van der Waals surface area contributed by atoms with Gasteiger partial charge in [-0.15, -0.1) is 0 Å². The number of fused-ring (bicyclic) bond motifs is 3. The van der Waals surface area contributed by atoms with Crippen molar-refractivity contribution < 1.29 is 23.5 Å². The van der Waals surface area contributed by atoms with Gasteiger partial charge in [0.25, 0.3) is 5.91 Å². The lowest BCUT2D eigenvalue weighted by atomic mass is 9.82. The number of aromatic amines is 1. The van der Waals surface area contributed by atoms with E-state index in [1.165, 1.54) is 6.07 Å². The first-order valence-corrected chi connectivity index (χ1v) is 13.1. The van der Waals surface area contributed by atoms with E-state index < -0.39 is 23.2 Å². The van der Waals surface area contributed by atoms with Gasteiger partial charge in [0.1, 0.15) is 17.1 Å². The van der Waals surface area contributed by atoms with Gasteiger partial charge in [0.05, 0.1) is 16.7 Å². The van der Waals surface area contributed by atoms with E-state index in [1.807, 2.05) is 0 Å². The monoisotopic (exact) mass is 523 g/mol. The van der Waals surface area contributed by atoms with Crippen molar-refractivity contribution >= 4 is 40.2 Å². The fraction of sp³-hybridized carbons (Fsp3) is 0.393. The van der Waals surface area contributed by atoms with Gasteiger partial charge in [0.2, 0.25) is 0 Å². The molecular formula is C28H27ClFN3O4. The molecule has 0 unspecified atom stereocenters. The summed E-state index contributed by atoms with van der Waals surface area (Å²) in [6.45, 7) is 4.57. The highest BCUT2D eigenvalue weighted by atomic mass is 35.5. The first kappa shape index (κ1) is 24.1. The van der Waals surface area contributed by atoms with Crippen molar-refractivity contribution in [2.24, 2.45) is 5.92 Å². The number of H-pyrrole nitrogens is 1. The van der Waals surface area contributed by atoms with Crippen LogP contribution in [-0.2, 0) is 10.3 Å². The number of hydrogen-bond donors (Lipinski definition) is 2. The second-order valence-corrected chi connectivity index (χ2v) is 10.8. The average Bonchev–Trinajstić information content (AvgIpc) is 3.39. The summed E-state index contributed by atoms with van der Waals surface area (Å²) in [7, 11) is 0. The van der Waals surface area contributed by atoms with Crippen LogP contribution in [-0.4, -0.2) is 53.7 Å². The summed E-state index contributed by atoms with van der Waals surface area (Å²) in [5.74, 6) is -2.06. The molecule has 1 spiro atoms. The molecule has 0 saturated carbocycles. The summed E-state index contributed by atoms with van der Waals surface area (Å²) >= 11 is 6.20. The van der Waals surface area contributed by atoms with Crippen LogP contribution in [0, 0.1) is 11.7 Å². The predicted octanol–water partition coefficient (Wildman–Crippen LogP) is 4.81. The lowest BCUT2D eigenvalue weighted by Gasteiger charge is -2.33. The van der Waals surface area contributed by atoms with Gasteiger partial charge in [-0.25, -0.2) is 9.18 Å². The first-order chi connectivity index (χ1) is 17.8. The van der Waals surface area contributed by atoms with Crippen LogP contribution in [0.4, 0.5) is 4.39 Å². The molecule has 3 aromatic rings. The average molecular weight is 524 g/mol. The lowest BCUT2D eigenvalue weighted by Crippen LogP contribution is -2.40. The molecule has 0 bridgehead atoms. The number of halogens is 2. The minimum Gasteiger partial charge on any atom is -0.450 e. The van der Waals surface area contributed by atoms with Crippen molar-refractivity contribution in [2.45, 2.75) is 38.2 Å². The number of piperidine rings is 2. The summed E-state index contributed by atoms with van der Waals surface area (Å²) in [4.78, 5) is 45.8.